The fourth-order valence-electron chi connectivity index (χ4n) is 2.55. The number of nitrogens with one attached hydrogen (secondary N) is 2. The van der Waals surface area contributed by atoms with Gasteiger partial charge in [0.05, 0.1) is 15.6 Å². The molecule has 0 fully saturated rings. The van der Waals surface area contributed by atoms with Crippen LogP contribution < -0.4 is 10.2 Å². The average Bonchev–Trinajstić information content (AvgIpc) is 3.23. The lowest BCUT2D eigenvalue weighted by Gasteiger charge is -2.17. The zero-order valence-electron chi connectivity index (χ0n) is 14.5. The molecule has 0 radical (unpaired) electrons. The predicted molar refractivity (Wildman–Crippen MR) is 110 cm³/mol. The van der Waals surface area contributed by atoms with Crippen LogP contribution >= 0.6 is 35.2 Å². The summed E-state index contributed by atoms with van der Waals surface area (Å²) in [5, 5.41) is 12.4. The van der Waals surface area contributed by atoms with Crippen molar-refractivity contribution in [3.05, 3.63) is 45.5 Å². The highest BCUT2D eigenvalue weighted by molar-refractivity contribution is 7.71. The second-order valence-corrected chi connectivity index (χ2v) is 7.67. The summed E-state index contributed by atoms with van der Waals surface area (Å²) >= 11 is 13.1. The van der Waals surface area contributed by atoms with Crippen molar-refractivity contribution in [3.8, 4) is 10.7 Å². The molecule has 2 aromatic heterocycles. The van der Waals surface area contributed by atoms with E-state index in [1.165, 1.54) is 11.3 Å². The molecule has 6 nitrogen and oxygen atoms in total. The molecular weight excluding hydrogens is 390 g/mol. The summed E-state index contributed by atoms with van der Waals surface area (Å²) in [6.45, 7) is 1.79. The maximum atomic E-state index is 12.7. The maximum absolute atomic E-state index is 12.7. The molecule has 0 saturated carbocycles. The highest BCUT2D eigenvalue weighted by atomic mass is 35.5. The van der Waals surface area contributed by atoms with Crippen molar-refractivity contribution in [2.75, 3.05) is 24.3 Å². The fraction of sp³-hybridized carbons (Fsp3) is 0.235. The number of aromatic nitrogens is 3. The summed E-state index contributed by atoms with van der Waals surface area (Å²) in [4.78, 5) is 15.6. The molecule has 0 saturated heterocycles. The van der Waals surface area contributed by atoms with E-state index in [1.807, 2.05) is 48.6 Å². The number of H-pyrrole nitrogens is 1. The van der Waals surface area contributed by atoms with Gasteiger partial charge in [-0.25, -0.2) is 0 Å². The van der Waals surface area contributed by atoms with Gasteiger partial charge in [-0.1, -0.05) is 17.7 Å². The largest absolute Gasteiger partial charge is 0.376 e. The van der Waals surface area contributed by atoms with Crippen LogP contribution in [0.15, 0.2) is 35.7 Å². The summed E-state index contributed by atoms with van der Waals surface area (Å²) in [6.07, 6.45) is 0. The standard InChI is InChI=1S/C17H18ClN5OS2/c1-10(23-15(20-21-17(23)25)14-5-4-8-26-14)16(24)19-11-6-7-13(22(2)3)12(18)9-11/h4-10H,1-3H3,(H,19,24)(H,21,25). The van der Waals surface area contributed by atoms with Crippen LogP contribution in [0.4, 0.5) is 11.4 Å². The number of nitrogens with zero attached hydrogens (tertiary/aromatic N) is 3. The van der Waals surface area contributed by atoms with Crippen LogP contribution in [-0.4, -0.2) is 34.8 Å². The molecule has 3 rings (SSSR count). The molecule has 1 aromatic carbocycles. The van der Waals surface area contributed by atoms with Gasteiger partial charge >= 0.3 is 0 Å². The molecule has 0 aliphatic carbocycles. The Labute approximate surface area is 165 Å². The smallest absolute Gasteiger partial charge is 0.247 e. The lowest BCUT2D eigenvalue weighted by atomic mass is 10.2. The number of halogens is 1. The molecule has 2 N–H and O–H groups in total. The van der Waals surface area contributed by atoms with E-state index >= 15 is 0 Å². The van der Waals surface area contributed by atoms with Crippen LogP contribution in [0.5, 0.6) is 0 Å². The van der Waals surface area contributed by atoms with Crippen molar-refractivity contribution in [3.63, 3.8) is 0 Å². The molecule has 1 unspecified atom stereocenters. The first-order valence-corrected chi connectivity index (χ1v) is 9.53. The number of anilines is 2. The number of amides is 1. The minimum atomic E-state index is -0.536. The van der Waals surface area contributed by atoms with Gasteiger partial charge in [0, 0.05) is 19.8 Å². The Kier molecular flexibility index (Phi) is 5.45. The lowest BCUT2D eigenvalue weighted by molar-refractivity contribution is -0.118. The van der Waals surface area contributed by atoms with E-state index in [2.05, 4.69) is 15.5 Å². The van der Waals surface area contributed by atoms with E-state index in [9.17, 15) is 4.79 Å². The van der Waals surface area contributed by atoms with E-state index in [4.69, 9.17) is 23.8 Å². The fourth-order valence-corrected chi connectivity index (χ4v) is 3.90. The molecule has 0 aliphatic rings. The Balaban J connectivity index is 1.84. The summed E-state index contributed by atoms with van der Waals surface area (Å²) in [5.74, 6) is 0.447. The highest BCUT2D eigenvalue weighted by Crippen LogP contribution is 2.29. The molecule has 0 aliphatic heterocycles. The summed E-state index contributed by atoms with van der Waals surface area (Å²) in [6, 6.07) is 8.75. The monoisotopic (exact) mass is 407 g/mol. The molecule has 0 bridgehead atoms. The molecule has 3 aromatic rings. The zero-order valence-corrected chi connectivity index (χ0v) is 16.9. The maximum Gasteiger partial charge on any atom is 0.247 e. The Morgan fingerprint density at radius 3 is 2.81 bits per heavy atom. The topological polar surface area (TPSA) is 66.0 Å². The van der Waals surface area contributed by atoms with Crippen LogP contribution in [0.3, 0.4) is 0 Å². The number of hydrogen-bond acceptors (Lipinski definition) is 5. The Hall–Kier alpha value is -2.16. The second kappa shape index (κ2) is 7.61. The zero-order chi connectivity index (χ0) is 18.8. The molecule has 0 spiro atoms. The highest BCUT2D eigenvalue weighted by Gasteiger charge is 2.21. The Morgan fingerprint density at radius 1 is 1.42 bits per heavy atom. The third-order valence-electron chi connectivity index (χ3n) is 3.91. The van der Waals surface area contributed by atoms with Crippen molar-refractivity contribution >= 4 is 52.4 Å². The van der Waals surface area contributed by atoms with Crippen molar-refractivity contribution < 1.29 is 4.79 Å². The Bertz CT molecular complexity index is 977. The molecule has 1 amide bonds. The number of benzene rings is 1. The van der Waals surface area contributed by atoms with E-state index in [0.29, 0.717) is 21.3 Å². The molecule has 9 heteroatoms. The van der Waals surface area contributed by atoms with Crippen LogP contribution in [0.1, 0.15) is 13.0 Å². The molecule has 26 heavy (non-hydrogen) atoms. The van der Waals surface area contributed by atoms with E-state index in [1.54, 1.807) is 17.6 Å². The van der Waals surface area contributed by atoms with Crippen molar-refractivity contribution in [2.45, 2.75) is 13.0 Å². The molecule has 136 valence electrons. The van der Waals surface area contributed by atoms with Crippen LogP contribution in [0, 0.1) is 4.77 Å². The molecule has 2 heterocycles. The van der Waals surface area contributed by atoms with Gasteiger partial charge in [0.1, 0.15) is 6.04 Å². The van der Waals surface area contributed by atoms with Gasteiger partial charge in [0.2, 0.25) is 5.91 Å². The first kappa shape index (κ1) is 18.6. The quantitative estimate of drug-likeness (QED) is 0.607. The van der Waals surface area contributed by atoms with Gasteiger partial charge in [-0.05, 0) is 48.8 Å². The first-order valence-electron chi connectivity index (χ1n) is 7.87. The van der Waals surface area contributed by atoms with Crippen LogP contribution in [-0.2, 0) is 4.79 Å². The van der Waals surface area contributed by atoms with Gasteiger partial charge in [-0.3, -0.25) is 14.5 Å². The van der Waals surface area contributed by atoms with Crippen molar-refractivity contribution in [1.82, 2.24) is 14.8 Å². The molecule has 1 atom stereocenters. The van der Waals surface area contributed by atoms with Crippen LogP contribution in [0.2, 0.25) is 5.02 Å². The minimum Gasteiger partial charge on any atom is -0.376 e. The number of hydrogen-bond donors (Lipinski definition) is 2. The van der Waals surface area contributed by atoms with E-state index in [-0.39, 0.29) is 5.91 Å². The van der Waals surface area contributed by atoms with Crippen LogP contribution in [0.25, 0.3) is 10.7 Å². The third-order valence-corrected chi connectivity index (χ3v) is 5.37. The van der Waals surface area contributed by atoms with E-state index < -0.39 is 6.04 Å². The van der Waals surface area contributed by atoms with Gasteiger partial charge in [-0.15, -0.1) is 11.3 Å². The van der Waals surface area contributed by atoms with Gasteiger partial charge in [0.25, 0.3) is 0 Å². The number of carbonyl (C=O) groups excluding carboxylic acids is 1. The van der Waals surface area contributed by atoms with E-state index in [0.717, 1.165) is 10.6 Å². The second-order valence-electron chi connectivity index (χ2n) is 5.93. The summed E-state index contributed by atoms with van der Waals surface area (Å²) < 4.78 is 2.11. The summed E-state index contributed by atoms with van der Waals surface area (Å²) in [7, 11) is 3.82. The minimum absolute atomic E-state index is 0.200. The summed E-state index contributed by atoms with van der Waals surface area (Å²) in [5.41, 5.74) is 1.51. The lowest BCUT2D eigenvalue weighted by Crippen LogP contribution is -2.24. The number of carbonyl (C=O) groups is 1. The third kappa shape index (κ3) is 3.67. The van der Waals surface area contributed by atoms with Crippen molar-refractivity contribution in [2.24, 2.45) is 0 Å². The van der Waals surface area contributed by atoms with Gasteiger partial charge < -0.3 is 10.2 Å². The number of aromatic amines is 1. The van der Waals surface area contributed by atoms with Gasteiger partial charge in [-0.2, -0.15) is 5.10 Å². The molecular formula is C17H18ClN5OS2. The first-order chi connectivity index (χ1) is 12.4. The number of thiophene rings is 1. The predicted octanol–water partition coefficient (Wildman–Crippen LogP) is 4.59. The van der Waals surface area contributed by atoms with Gasteiger partial charge in [0.15, 0.2) is 10.6 Å². The average molecular weight is 408 g/mol. The normalized spacial score (nSPS) is 12.0. The SMILES string of the molecule is CC(C(=O)Nc1ccc(N(C)C)c(Cl)c1)n1c(-c2cccs2)n[nH]c1=S. The van der Waals surface area contributed by atoms with Crippen molar-refractivity contribution in [1.29, 1.82) is 0 Å². The number of rotatable bonds is 5. The Morgan fingerprint density at radius 2 is 2.19 bits per heavy atom.